The first-order valence-corrected chi connectivity index (χ1v) is 9.15. The number of hydrogen-bond donors (Lipinski definition) is 1. The molecule has 2 aromatic rings. The molecule has 0 radical (unpaired) electrons. The molecule has 2 heterocycles. The van der Waals surface area contributed by atoms with Gasteiger partial charge in [0.05, 0.1) is 17.7 Å². The van der Waals surface area contributed by atoms with Crippen LogP contribution in [0.3, 0.4) is 0 Å². The molecular weight excluding hydrogens is 316 g/mol. The third-order valence-corrected chi connectivity index (χ3v) is 5.27. The van der Waals surface area contributed by atoms with Crippen LogP contribution in [0.5, 0.6) is 0 Å². The molecule has 0 saturated carbocycles. The van der Waals surface area contributed by atoms with Crippen LogP contribution in [0.25, 0.3) is 11.0 Å². The quantitative estimate of drug-likeness (QED) is 0.904. The van der Waals surface area contributed by atoms with E-state index in [1.54, 1.807) is 4.68 Å². The molecule has 0 bridgehead atoms. The fourth-order valence-corrected chi connectivity index (χ4v) is 3.69. The van der Waals surface area contributed by atoms with Crippen LogP contribution >= 0.6 is 0 Å². The lowest BCUT2D eigenvalue weighted by atomic mass is 9.78. The third-order valence-electron chi connectivity index (χ3n) is 5.27. The first-order valence-electron chi connectivity index (χ1n) is 9.15. The lowest BCUT2D eigenvalue weighted by molar-refractivity contribution is -0.139. The number of rotatable bonds is 5. The van der Waals surface area contributed by atoms with Gasteiger partial charge in [-0.25, -0.2) is 4.68 Å². The Balaban J connectivity index is 1.61. The number of likely N-dealkylation sites (tertiary alicyclic amines) is 1. The minimum Gasteiger partial charge on any atom is -0.390 e. The second-order valence-electron chi connectivity index (χ2n) is 7.82. The molecule has 0 aliphatic carbocycles. The van der Waals surface area contributed by atoms with Crippen molar-refractivity contribution < 1.29 is 9.90 Å². The zero-order valence-electron chi connectivity index (χ0n) is 15.4. The Hall–Kier alpha value is -1.95. The lowest BCUT2D eigenvalue weighted by Gasteiger charge is -2.43. The van der Waals surface area contributed by atoms with Crippen molar-refractivity contribution in [3.8, 4) is 0 Å². The molecule has 1 aromatic heterocycles. The summed E-state index contributed by atoms with van der Waals surface area (Å²) in [5, 5.41) is 18.9. The molecule has 6 nitrogen and oxygen atoms in total. The monoisotopic (exact) mass is 344 g/mol. The topological polar surface area (TPSA) is 71.2 Å². The summed E-state index contributed by atoms with van der Waals surface area (Å²) in [5.41, 5.74) is 1.12. The fraction of sp³-hybridized carbons (Fsp3) is 0.632. The van der Waals surface area contributed by atoms with Crippen molar-refractivity contribution in [2.75, 3.05) is 13.1 Å². The van der Waals surface area contributed by atoms with Gasteiger partial charge in [0.25, 0.3) is 0 Å². The van der Waals surface area contributed by atoms with Gasteiger partial charge in [0, 0.05) is 25.4 Å². The molecule has 1 saturated heterocycles. The molecule has 0 unspecified atom stereocenters. The summed E-state index contributed by atoms with van der Waals surface area (Å²) >= 11 is 0. The molecule has 1 N–H and O–H groups in total. The van der Waals surface area contributed by atoms with Gasteiger partial charge in [-0.05, 0) is 37.8 Å². The van der Waals surface area contributed by atoms with Gasteiger partial charge in [0.1, 0.15) is 5.52 Å². The van der Waals surface area contributed by atoms with Crippen molar-refractivity contribution in [2.45, 2.75) is 52.2 Å². The van der Waals surface area contributed by atoms with Crippen LogP contribution in [-0.2, 0) is 11.3 Å². The van der Waals surface area contributed by atoms with Crippen molar-refractivity contribution >= 4 is 16.9 Å². The fourth-order valence-electron chi connectivity index (χ4n) is 3.69. The van der Waals surface area contributed by atoms with E-state index in [4.69, 9.17) is 0 Å². The zero-order valence-corrected chi connectivity index (χ0v) is 15.4. The Bertz CT molecular complexity index is 738. The maximum Gasteiger partial charge on any atom is 0.224 e. The van der Waals surface area contributed by atoms with E-state index in [-0.39, 0.29) is 11.8 Å². The summed E-state index contributed by atoms with van der Waals surface area (Å²) in [7, 11) is 0. The Morgan fingerprint density at radius 1 is 1.40 bits per heavy atom. The minimum atomic E-state index is -0.677. The van der Waals surface area contributed by atoms with Crippen molar-refractivity contribution in [1.82, 2.24) is 19.9 Å². The molecule has 2 atom stereocenters. The van der Waals surface area contributed by atoms with E-state index >= 15 is 0 Å². The number of aliphatic hydroxyl groups is 1. The van der Waals surface area contributed by atoms with Crippen LogP contribution < -0.4 is 0 Å². The van der Waals surface area contributed by atoms with Crippen molar-refractivity contribution in [3.05, 3.63) is 24.3 Å². The second-order valence-corrected chi connectivity index (χ2v) is 7.82. The van der Waals surface area contributed by atoms with E-state index < -0.39 is 5.60 Å². The van der Waals surface area contributed by atoms with Crippen LogP contribution in [0.4, 0.5) is 0 Å². The number of para-hydroxylation sites is 1. The maximum atomic E-state index is 12.7. The second kappa shape index (κ2) is 7.12. The van der Waals surface area contributed by atoms with Crippen molar-refractivity contribution in [1.29, 1.82) is 0 Å². The average molecular weight is 344 g/mol. The van der Waals surface area contributed by atoms with Gasteiger partial charge in [-0.15, -0.1) is 5.10 Å². The van der Waals surface area contributed by atoms with Gasteiger partial charge in [0.2, 0.25) is 5.91 Å². The Kier molecular flexibility index (Phi) is 5.08. The van der Waals surface area contributed by atoms with Crippen LogP contribution in [0, 0.1) is 11.8 Å². The van der Waals surface area contributed by atoms with Gasteiger partial charge in [-0.2, -0.15) is 0 Å². The number of aryl methyl sites for hydroxylation is 1. The molecule has 1 aliphatic heterocycles. The molecule has 1 aromatic carbocycles. The SMILES string of the molecule is CC(C)C[C@H]1CN(C(=O)CCn2nnc3ccccc32)CC[C@@]1(C)O. The van der Waals surface area contributed by atoms with Gasteiger partial charge in [-0.3, -0.25) is 4.79 Å². The van der Waals surface area contributed by atoms with Gasteiger partial charge in [0.15, 0.2) is 0 Å². The van der Waals surface area contributed by atoms with Crippen LogP contribution in [0.15, 0.2) is 24.3 Å². The van der Waals surface area contributed by atoms with Crippen molar-refractivity contribution in [3.63, 3.8) is 0 Å². The van der Waals surface area contributed by atoms with E-state index in [2.05, 4.69) is 24.2 Å². The normalized spacial score (nSPS) is 24.2. The number of fused-ring (bicyclic) bond motifs is 1. The number of carbonyl (C=O) groups is 1. The number of aromatic nitrogens is 3. The Labute approximate surface area is 148 Å². The van der Waals surface area contributed by atoms with Crippen molar-refractivity contribution in [2.24, 2.45) is 11.8 Å². The van der Waals surface area contributed by atoms with E-state index in [0.29, 0.717) is 38.4 Å². The summed E-state index contributed by atoms with van der Waals surface area (Å²) in [5.74, 6) is 0.772. The lowest BCUT2D eigenvalue weighted by Crippen LogP contribution is -2.52. The van der Waals surface area contributed by atoms with Crippen LogP contribution in [0.1, 0.15) is 40.0 Å². The molecule has 1 aliphatic rings. The highest BCUT2D eigenvalue weighted by atomic mass is 16.3. The largest absolute Gasteiger partial charge is 0.390 e. The highest BCUT2D eigenvalue weighted by Gasteiger charge is 2.38. The smallest absolute Gasteiger partial charge is 0.224 e. The number of carbonyl (C=O) groups excluding carboxylic acids is 1. The predicted octanol–water partition coefficient (Wildman–Crippen LogP) is 2.47. The summed E-state index contributed by atoms with van der Waals surface area (Å²) in [6.45, 7) is 8.02. The molecule has 1 fully saturated rings. The number of piperidine rings is 1. The van der Waals surface area contributed by atoms with Gasteiger partial charge < -0.3 is 10.0 Å². The van der Waals surface area contributed by atoms with Gasteiger partial charge in [-0.1, -0.05) is 31.2 Å². The van der Waals surface area contributed by atoms with Crippen LogP contribution in [0.2, 0.25) is 0 Å². The van der Waals surface area contributed by atoms with E-state index in [1.165, 1.54) is 0 Å². The molecule has 25 heavy (non-hydrogen) atoms. The molecule has 6 heteroatoms. The highest BCUT2D eigenvalue weighted by molar-refractivity contribution is 5.77. The maximum absolute atomic E-state index is 12.7. The zero-order chi connectivity index (χ0) is 18.0. The first-order chi connectivity index (χ1) is 11.9. The van der Waals surface area contributed by atoms with E-state index in [0.717, 1.165) is 17.5 Å². The van der Waals surface area contributed by atoms with Gasteiger partial charge >= 0.3 is 0 Å². The minimum absolute atomic E-state index is 0.129. The predicted molar refractivity (Wildman–Crippen MR) is 96.9 cm³/mol. The van der Waals surface area contributed by atoms with Crippen LogP contribution in [-0.4, -0.2) is 49.6 Å². The van der Waals surface area contributed by atoms with E-state index in [9.17, 15) is 9.90 Å². The molecule has 0 spiro atoms. The number of benzene rings is 1. The third kappa shape index (κ3) is 4.00. The first kappa shape index (κ1) is 17.9. The number of amides is 1. The Morgan fingerprint density at radius 2 is 2.16 bits per heavy atom. The highest BCUT2D eigenvalue weighted by Crippen LogP contribution is 2.32. The summed E-state index contributed by atoms with van der Waals surface area (Å²) < 4.78 is 1.79. The molecule has 136 valence electrons. The molecule has 3 rings (SSSR count). The summed E-state index contributed by atoms with van der Waals surface area (Å²) in [6.07, 6.45) is 1.98. The standard InChI is InChI=1S/C19H28N4O2/c1-14(2)12-15-13-22(11-9-19(15,3)25)18(24)8-10-23-17-7-5-4-6-16(17)20-21-23/h4-7,14-15,25H,8-13H2,1-3H3/t15-,19+/m0/s1. The number of hydrogen-bond acceptors (Lipinski definition) is 4. The number of nitrogens with zero attached hydrogens (tertiary/aromatic N) is 4. The molecule has 1 amide bonds. The Morgan fingerprint density at radius 3 is 2.92 bits per heavy atom. The average Bonchev–Trinajstić information content (AvgIpc) is 2.97. The van der Waals surface area contributed by atoms with E-state index in [1.807, 2.05) is 36.1 Å². The molecular formula is C19H28N4O2. The summed E-state index contributed by atoms with van der Waals surface area (Å²) in [4.78, 5) is 14.6. The summed E-state index contributed by atoms with van der Waals surface area (Å²) in [6, 6.07) is 7.77.